The summed E-state index contributed by atoms with van der Waals surface area (Å²) in [4.78, 5) is 0. The lowest BCUT2D eigenvalue weighted by Gasteiger charge is -2.13. The highest BCUT2D eigenvalue weighted by Gasteiger charge is 2.10. The van der Waals surface area contributed by atoms with Gasteiger partial charge in [0.15, 0.2) is 0 Å². The van der Waals surface area contributed by atoms with E-state index in [9.17, 15) is 0 Å². The molecule has 0 saturated carbocycles. The van der Waals surface area contributed by atoms with E-state index < -0.39 is 0 Å². The molecule has 0 aromatic heterocycles. The minimum atomic E-state index is 0.823. The predicted molar refractivity (Wildman–Crippen MR) is 101 cm³/mol. The van der Waals surface area contributed by atoms with E-state index in [1.165, 1.54) is 16.5 Å². The molecule has 0 heterocycles. The third-order valence-corrected chi connectivity index (χ3v) is 4.25. The van der Waals surface area contributed by atoms with E-state index in [2.05, 4.69) is 48.5 Å². The van der Waals surface area contributed by atoms with E-state index in [0.29, 0.717) is 0 Å². The van der Waals surface area contributed by atoms with E-state index in [4.69, 9.17) is 9.47 Å². The molecule has 24 heavy (non-hydrogen) atoms. The molecule has 0 spiro atoms. The van der Waals surface area contributed by atoms with Crippen LogP contribution in [0.5, 0.6) is 11.5 Å². The summed E-state index contributed by atoms with van der Waals surface area (Å²) in [7, 11) is 3.44. The summed E-state index contributed by atoms with van der Waals surface area (Å²) in [6.45, 7) is 2.02. The van der Waals surface area contributed by atoms with Crippen LogP contribution in [0.25, 0.3) is 16.8 Å². The molecule has 0 bridgehead atoms. The van der Waals surface area contributed by atoms with Crippen molar-refractivity contribution in [2.45, 2.75) is 13.3 Å². The van der Waals surface area contributed by atoms with Crippen LogP contribution in [0.1, 0.15) is 23.6 Å². The summed E-state index contributed by atoms with van der Waals surface area (Å²) >= 11 is 0. The second kappa shape index (κ2) is 7.22. The number of benzene rings is 3. The molecule has 0 aliphatic carbocycles. The highest BCUT2D eigenvalue weighted by Crippen LogP contribution is 2.31. The number of hydrogen-bond donors (Lipinski definition) is 0. The fourth-order valence-electron chi connectivity index (χ4n) is 3.07. The Hall–Kier alpha value is -2.74. The maximum absolute atomic E-state index is 5.60. The van der Waals surface area contributed by atoms with Crippen molar-refractivity contribution in [2.24, 2.45) is 0 Å². The van der Waals surface area contributed by atoms with Crippen molar-refractivity contribution in [3.05, 3.63) is 77.4 Å². The molecule has 0 N–H and O–H groups in total. The monoisotopic (exact) mass is 318 g/mol. The lowest BCUT2D eigenvalue weighted by molar-refractivity contribution is 0.410. The lowest BCUT2D eigenvalue weighted by Crippen LogP contribution is -1.96. The molecule has 0 saturated heterocycles. The number of fused-ring (bicyclic) bond motifs is 1. The van der Waals surface area contributed by atoms with Crippen molar-refractivity contribution in [3.8, 4) is 11.5 Å². The zero-order valence-electron chi connectivity index (χ0n) is 14.4. The van der Waals surface area contributed by atoms with Crippen LogP contribution in [-0.2, 0) is 6.42 Å². The second-order valence-corrected chi connectivity index (χ2v) is 5.72. The summed E-state index contributed by atoms with van der Waals surface area (Å²) in [5, 5.41) is 2.36. The number of rotatable bonds is 5. The smallest absolute Gasteiger partial charge is 0.126 e. The molecular weight excluding hydrogens is 296 g/mol. The van der Waals surface area contributed by atoms with Crippen molar-refractivity contribution in [1.82, 2.24) is 0 Å². The zero-order chi connectivity index (χ0) is 16.9. The number of allylic oxidation sites excluding steroid dienone is 1. The molecule has 122 valence electrons. The molecule has 0 radical (unpaired) electrons. The molecule has 3 aromatic carbocycles. The fourth-order valence-corrected chi connectivity index (χ4v) is 3.07. The Balaban J connectivity index is 2.04. The van der Waals surface area contributed by atoms with E-state index in [0.717, 1.165) is 28.9 Å². The summed E-state index contributed by atoms with van der Waals surface area (Å²) in [6, 6.07) is 18.9. The summed E-state index contributed by atoms with van der Waals surface area (Å²) in [5.41, 5.74) is 3.60. The molecular formula is C22H22O2. The molecule has 3 aromatic rings. The molecule has 2 heteroatoms. The Kier molecular flexibility index (Phi) is 4.85. The number of hydrogen-bond acceptors (Lipinski definition) is 2. The van der Waals surface area contributed by atoms with Gasteiger partial charge < -0.3 is 9.47 Å². The van der Waals surface area contributed by atoms with Gasteiger partial charge in [0, 0.05) is 11.8 Å². The van der Waals surface area contributed by atoms with Crippen molar-refractivity contribution in [3.63, 3.8) is 0 Å². The van der Waals surface area contributed by atoms with Gasteiger partial charge in [-0.05, 0) is 41.1 Å². The van der Waals surface area contributed by atoms with Crippen LogP contribution in [0.3, 0.4) is 0 Å². The first-order chi connectivity index (χ1) is 11.8. The van der Waals surface area contributed by atoms with Crippen molar-refractivity contribution >= 4 is 16.8 Å². The van der Waals surface area contributed by atoms with Gasteiger partial charge in [-0.3, -0.25) is 0 Å². The Morgan fingerprint density at radius 3 is 2.21 bits per heavy atom. The van der Waals surface area contributed by atoms with E-state index in [1.807, 2.05) is 25.1 Å². The predicted octanol–water partition coefficient (Wildman–Crippen LogP) is 5.48. The first kappa shape index (κ1) is 16.1. The minimum absolute atomic E-state index is 0.823. The third kappa shape index (κ3) is 3.13. The molecule has 0 aliphatic rings. The van der Waals surface area contributed by atoms with Crippen LogP contribution in [0.4, 0.5) is 0 Å². The molecule has 0 amide bonds. The van der Waals surface area contributed by atoms with Crippen LogP contribution in [0.2, 0.25) is 0 Å². The number of ether oxygens (including phenoxy) is 2. The first-order valence-corrected chi connectivity index (χ1v) is 8.11. The maximum atomic E-state index is 5.60. The lowest BCUT2D eigenvalue weighted by atomic mass is 9.96. The molecule has 0 atom stereocenters. The maximum Gasteiger partial charge on any atom is 0.126 e. The van der Waals surface area contributed by atoms with Gasteiger partial charge in [-0.2, -0.15) is 0 Å². The Morgan fingerprint density at radius 1 is 0.792 bits per heavy atom. The fraction of sp³-hybridized carbons (Fsp3) is 0.182. The quantitative estimate of drug-likeness (QED) is 0.620. The highest BCUT2D eigenvalue weighted by molar-refractivity contribution is 5.91. The van der Waals surface area contributed by atoms with Crippen LogP contribution in [0, 0.1) is 0 Å². The summed E-state index contributed by atoms with van der Waals surface area (Å²) in [6.07, 6.45) is 4.93. The van der Waals surface area contributed by atoms with Crippen LogP contribution < -0.4 is 9.47 Å². The van der Waals surface area contributed by atoms with Crippen LogP contribution >= 0.6 is 0 Å². The molecule has 0 fully saturated rings. The van der Waals surface area contributed by atoms with Crippen molar-refractivity contribution in [1.29, 1.82) is 0 Å². The zero-order valence-corrected chi connectivity index (χ0v) is 14.4. The number of methoxy groups -OCH3 is 2. The first-order valence-electron chi connectivity index (χ1n) is 8.11. The molecule has 0 aliphatic heterocycles. The van der Waals surface area contributed by atoms with Crippen LogP contribution in [-0.4, -0.2) is 14.2 Å². The Bertz CT molecular complexity index is 878. The van der Waals surface area contributed by atoms with Gasteiger partial charge in [0.05, 0.1) is 14.2 Å². The van der Waals surface area contributed by atoms with Gasteiger partial charge in [0.25, 0.3) is 0 Å². The second-order valence-electron chi connectivity index (χ2n) is 5.72. The van der Waals surface area contributed by atoms with Crippen molar-refractivity contribution in [2.75, 3.05) is 14.2 Å². The van der Waals surface area contributed by atoms with E-state index >= 15 is 0 Å². The van der Waals surface area contributed by atoms with E-state index in [1.54, 1.807) is 14.2 Å². The van der Waals surface area contributed by atoms with Gasteiger partial charge in [-0.25, -0.2) is 0 Å². The van der Waals surface area contributed by atoms with E-state index in [-0.39, 0.29) is 0 Å². The molecule has 3 rings (SSSR count). The van der Waals surface area contributed by atoms with Gasteiger partial charge in [-0.1, -0.05) is 54.6 Å². The Labute approximate surface area is 143 Å². The van der Waals surface area contributed by atoms with Crippen molar-refractivity contribution < 1.29 is 9.47 Å². The normalized spacial score (nSPS) is 11.1. The summed E-state index contributed by atoms with van der Waals surface area (Å²) < 4.78 is 11.1. The molecule has 0 unspecified atom stereocenters. The topological polar surface area (TPSA) is 18.5 Å². The average Bonchev–Trinajstić information content (AvgIpc) is 2.63. The molecule has 2 nitrogen and oxygen atoms in total. The van der Waals surface area contributed by atoms with Gasteiger partial charge in [0.1, 0.15) is 11.5 Å². The minimum Gasteiger partial charge on any atom is -0.496 e. The average molecular weight is 318 g/mol. The Morgan fingerprint density at radius 2 is 1.50 bits per heavy atom. The van der Waals surface area contributed by atoms with Gasteiger partial charge in [-0.15, -0.1) is 0 Å². The van der Waals surface area contributed by atoms with Crippen LogP contribution in [0.15, 0.2) is 60.7 Å². The van der Waals surface area contributed by atoms with Gasteiger partial charge in [0.2, 0.25) is 0 Å². The largest absolute Gasteiger partial charge is 0.496 e. The third-order valence-electron chi connectivity index (χ3n) is 4.25. The SMILES string of the molecule is C/C=C/c1ccc(Cc2ccc(OC)c3ccccc23)c(OC)c1. The van der Waals surface area contributed by atoms with Gasteiger partial charge >= 0.3 is 0 Å². The highest BCUT2D eigenvalue weighted by atomic mass is 16.5. The summed E-state index contributed by atoms with van der Waals surface area (Å²) in [5.74, 6) is 1.83. The standard InChI is InChI=1S/C22H22O2/c1-4-7-16-10-11-18(22(14-16)24-3)15-17-12-13-21(23-2)20-9-6-5-8-19(17)20/h4-14H,15H2,1-3H3/b7-4+.